The predicted octanol–water partition coefficient (Wildman–Crippen LogP) is 8.22. The maximum Gasteiger partial charge on any atom is 0.337 e. The number of methoxy groups -OCH3 is 2. The summed E-state index contributed by atoms with van der Waals surface area (Å²) in [6.07, 6.45) is 0. The molecule has 2 aromatic carbocycles. The van der Waals surface area contributed by atoms with Gasteiger partial charge in [0.2, 0.25) is 0 Å². The number of aliphatic hydroxyl groups excluding tert-OH is 1. The maximum atomic E-state index is 11.3. The van der Waals surface area contributed by atoms with E-state index in [9.17, 15) is 9.59 Å². The molecule has 0 radical (unpaired) electrons. The number of esters is 2. The van der Waals surface area contributed by atoms with Crippen LogP contribution in [0.25, 0.3) is 0 Å². The van der Waals surface area contributed by atoms with Crippen LogP contribution in [0.3, 0.4) is 0 Å². The molecule has 0 bridgehead atoms. The summed E-state index contributed by atoms with van der Waals surface area (Å²) in [4.78, 5) is 22.4. The standard InChI is InChI=1S/C17H28O4Si.C11H14O4.C6H15ClSi/c1-17(2,3)22(5,6)21-12-11-20-13-14-7-9-15(10-8-14)16(18)19-4;1-14-11(13)10-4-2-9(3-5-10)8-15-7-6-12;1-6(2,3)8(4,5)7/h7-10H,11-13H2,1-6H3;2-5,12H,6-8H2,1H3;1-5H3. The number of hydrogen-bond donors (Lipinski definition) is 1. The Labute approximate surface area is 278 Å². The minimum atomic E-state index is -1.69. The highest BCUT2D eigenvalue weighted by molar-refractivity contribution is 7.20. The van der Waals surface area contributed by atoms with Crippen LogP contribution < -0.4 is 0 Å². The SMILES string of the molecule is CC(C)(C)[Si](C)(C)Cl.COC(=O)c1ccc(COCCO)cc1.COC(=O)c1ccc(COCCO[Si](C)(C)C(C)(C)C)cc1. The fourth-order valence-corrected chi connectivity index (χ4v) is 3.75. The number of ether oxygens (including phenoxy) is 4. The molecule has 2 aromatic rings. The Morgan fingerprint density at radius 3 is 1.31 bits per heavy atom. The zero-order valence-electron chi connectivity index (χ0n) is 29.5. The Hall–Kier alpha value is -2.06. The zero-order valence-corrected chi connectivity index (χ0v) is 32.3. The van der Waals surface area contributed by atoms with Gasteiger partial charge in [0.15, 0.2) is 15.7 Å². The molecule has 11 heteroatoms. The van der Waals surface area contributed by atoms with Crippen molar-refractivity contribution in [3.05, 3.63) is 70.8 Å². The largest absolute Gasteiger partial charge is 0.465 e. The molecule has 2 rings (SSSR count). The molecule has 0 atom stereocenters. The lowest BCUT2D eigenvalue weighted by molar-refractivity contribution is 0.0591. The van der Waals surface area contributed by atoms with E-state index in [1.165, 1.54) is 14.2 Å². The Kier molecular flexibility index (Phi) is 19.3. The molecule has 256 valence electrons. The topological polar surface area (TPSA) is 101 Å². The normalized spacial score (nSPS) is 11.9. The van der Waals surface area contributed by atoms with Crippen molar-refractivity contribution in [1.82, 2.24) is 0 Å². The van der Waals surface area contributed by atoms with Gasteiger partial charge in [0, 0.05) is 0 Å². The Morgan fingerprint density at radius 1 is 0.667 bits per heavy atom. The van der Waals surface area contributed by atoms with E-state index < -0.39 is 15.7 Å². The molecule has 0 aromatic heterocycles. The molecular weight excluding hydrogens is 628 g/mol. The summed E-state index contributed by atoms with van der Waals surface area (Å²) >= 11 is 6.15. The van der Waals surface area contributed by atoms with Crippen molar-refractivity contribution in [1.29, 1.82) is 0 Å². The average molecular weight is 685 g/mol. The van der Waals surface area contributed by atoms with Gasteiger partial charge in [-0.1, -0.05) is 78.9 Å². The smallest absolute Gasteiger partial charge is 0.337 e. The molecule has 1 N–H and O–H groups in total. The van der Waals surface area contributed by atoms with Gasteiger partial charge < -0.3 is 28.5 Å². The van der Waals surface area contributed by atoms with Gasteiger partial charge in [-0.25, -0.2) is 9.59 Å². The second-order valence-electron chi connectivity index (χ2n) is 13.5. The van der Waals surface area contributed by atoms with Gasteiger partial charge >= 0.3 is 11.9 Å². The summed E-state index contributed by atoms with van der Waals surface area (Å²) in [5, 5.41) is 9.07. The second-order valence-corrected chi connectivity index (χ2v) is 25.6. The number of hydrogen-bond acceptors (Lipinski definition) is 8. The van der Waals surface area contributed by atoms with Crippen LogP contribution in [0, 0.1) is 0 Å². The van der Waals surface area contributed by atoms with E-state index in [0.29, 0.717) is 49.2 Å². The van der Waals surface area contributed by atoms with Crippen LogP contribution in [0.1, 0.15) is 73.4 Å². The molecule has 0 spiro atoms. The van der Waals surface area contributed by atoms with Crippen LogP contribution in [-0.2, 0) is 36.6 Å². The Morgan fingerprint density at radius 2 is 1.02 bits per heavy atom. The van der Waals surface area contributed by atoms with Crippen LogP contribution >= 0.6 is 11.1 Å². The quantitative estimate of drug-likeness (QED) is 0.103. The minimum absolute atomic E-state index is 0.0141. The summed E-state index contributed by atoms with van der Waals surface area (Å²) in [7, 11) is -0.352. The first-order valence-corrected chi connectivity index (χ1v) is 22.1. The van der Waals surface area contributed by atoms with Gasteiger partial charge in [-0.2, -0.15) is 11.1 Å². The van der Waals surface area contributed by atoms with Crippen LogP contribution in [0.4, 0.5) is 0 Å². The molecule has 0 heterocycles. The Bertz CT molecular complexity index is 1110. The summed E-state index contributed by atoms with van der Waals surface area (Å²) in [6.45, 7) is 24.6. The second kappa shape index (κ2) is 20.2. The van der Waals surface area contributed by atoms with Crippen molar-refractivity contribution in [3.63, 3.8) is 0 Å². The fourth-order valence-electron chi connectivity index (χ4n) is 2.73. The number of carbonyl (C=O) groups excluding carboxylic acids is 2. The van der Waals surface area contributed by atoms with Crippen molar-refractivity contribution in [2.75, 3.05) is 40.6 Å². The first kappa shape index (κ1) is 42.9. The van der Waals surface area contributed by atoms with Crippen molar-refractivity contribution in [2.45, 2.75) is 91.0 Å². The lowest BCUT2D eigenvalue weighted by atomic mass is 10.1. The van der Waals surface area contributed by atoms with E-state index in [1.54, 1.807) is 36.4 Å². The van der Waals surface area contributed by atoms with Crippen molar-refractivity contribution in [3.8, 4) is 0 Å². The highest BCUT2D eigenvalue weighted by Gasteiger charge is 2.36. The molecule has 0 aliphatic rings. The first-order valence-electron chi connectivity index (χ1n) is 15.1. The summed E-state index contributed by atoms with van der Waals surface area (Å²) in [5.41, 5.74) is 3.05. The van der Waals surface area contributed by atoms with Crippen molar-refractivity contribution < 1.29 is 38.1 Å². The molecule has 45 heavy (non-hydrogen) atoms. The highest BCUT2D eigenvalue weighted by atomic mass is 35.6. The lowest BCUT2D eigenvalue weighted by Gasteiger charge is -2.36. The number of benzene rings is 2. The van der Waals surface area contributed by atoms with Gasteiger partial charge in [-0.3, -0.25) is 0 Å². The molecule has 8 nitrogen and oxygen atoms in total. The van der Waals surface area contributed by atoms with E-state index in [1.807, 2.05) is 12.1 Å². The fraction of sp³-hybridized carbons (Fsp3) is 0.588. The number of halogens is 1. The van der Waals surface area contributed by atoms with Crippen LogP contribution in [0.5, 0.6) is 0 Å². The van der Waals surface area contributed by atoms with Gasteiger partial charge in [0.25, 0.3) is 0 Å². The zero-order chi connectivity index (χ0) is 34.9. The van der Waals surface area contributed by atoms with E-state index in [4.69, 9.17) is 30.1 Å². The van der Waals surface area contributed by atoms with E-state index >= 15 is 0 Å². The predicted molar refractivity (Wildman–Crippen MR) is 188 cm³/mol. The third-order valence-electron chi connectivity index (χ3n) is 7.80. The Balaban J connectivity index is 0.000000724. The van der Waals surface area contributed by atoms with E-state index in [0.717, 1.165) is 11.1 Å². The van der Waals surface area contributed by atoms with Gasteiger partial charge in [-0.05, 0) is 58.6 Å². The van der Waals surface area contributed by atoms with Crippen LogP contribution in [0.15, 0.2) is 48.5 Å². The number of carbonyl (C=O) groups is 2. The van der Waals surface area contributed by atoms with Gasteiger partial charge in [0.05, 0.1) is 65.0 Å². The maximum absolute atomic E-state index is 11.3. The lowest BCUT2D eigenvalue weighted by Crippen LogP contribution is -2.41. The molecule has 0 aliphatic carbocycles. The molecule has 0 amide bonds. The van der Waals surface area contributed by atoms with Crippen LogP contribution in [0.2, 0.25) is 36.3 Å². The van der Waals surface area contributed by atoms with Crippen LogP contribution in [-0.4, -0.2) is 73.4 Å². The van der Waals surface area contributed by atoms with Crippen molar-refractivity contribution >= 4 is 38.7 Å². The summed E-state index contributed by atoms with van der Waals surface area (Å²) in [6, 6.07) is 14.2. The summed E-state index contributed by atoms with van der Waals surface area (Å²) in [5.74, 6) is -0.673. The average Bonchev–Trinajstić information content (AvgIpc) is 2.96. The molecule has 0 saturated carbocycles. The molecule has 0 fully saturated rings. The van der Waals surface area contributed by atoms with Gasteiger partial charge in [0.1, 0.15) is 0 Å². The van der Waals surface area contributed by atoms with E-state index in [-0.39, 0.29) is 23.6 Å². The summed E-state index contributed by atoms with van der Waals surface area (Å²) < 4.78 is 26.1. The van der Waals surface area contributed by atoms with Gasteiger partial charge in [-0.15, -0.1) is 0 Å². The molecule has 0 aliphatic heterocycles. The molecular formula is C34H57ClO8Si2. The monoisotopic (exact) mass is 684 g/mol. The number of rotatable bonds is 12. The number of aliphatic hydroxyl groups is 1. The minimum Gasteiger partial charge on any atom is -0.465 e. The first-order chi connectivity index (χ1) is 20.7. The van der Waals surface area contributed by atoms with Crippen molar-refractivity contribution in [2.24, 2.45) is 0 Å². The molecule has 0 unspecified atom stereocenters. The highest BCUT2D eigenvalue weighted by Crippen LogP contribution is 2.38. The van der Waals surface area contributed by atoms with E-state index in [2.05, 4.69) is 77.2 Å². The molecule has 0 saturated heterocycles. The third kappa shape index (κ3) is 17.4. The third-order valence-corrected chi connectivity index (χ3v) is 17.6.